The molecule has 0 spiro atoms. The summed E-state index contributed by atoms with van der Waals surface area (Å²) in [5, 5.41) is 21.9. The number of methoxy groups -OCH3 is 3. The van der Waals surface area contributed by atoms with E-state index in [-0.39, 0.29) is 24.5 Å². The third-order valence-corrected chi connectivity index (χ3v) is 7.41. The molecule has 0 bridgehead atoms. The van der Waals surface area contributed by atoms with Crippen LogP contribution >= 0.6 is 0 Å². The summed E-state index contributed by atoms with van der Waals surface area (Å²) in [5.41, 5.74) is 4.30. The molecule has 38 heavy (non-hydrogen) atoms. The summed E-state index contributed by atoms with van der Waals surface area (Å²) in [6.45, 7) is -0.00948. The summed E-state index contributed by atoms with van der Waals surface area (Å²) in [6.07, 6.45) is 1.89. The van der Waals surface area contributed by atoms with Crippen LogP contribution in [0.1, 0.15) is 39.2 Å². The molecule has 2 aromatic heterocycles. The molecule has 0 saturated carbocycles. The molecule has 1 aliphatic carbocycles. The zero-order valence-electron chi connectivity index (χ0n) is 21.8. The summed E-state index contributed by atoms with van der Waals surface area (Å²) >= 11 is 0. The third-order valence-electron chi connectivity index (χ3n) is 7.41. The maximum absolute atomic E-state index is 13.9. The number of rotatable bonds is 6. The Bertz CT molecular complexity index is 1630. The number of nitrogens with zero attached hydrogens (tertiary/aromatic N) is 2. The van der Waals surface area contributed by atoms with Crippen LogP contribution in [0.2, 0.25) is 0 Å². The third kappa shape index (κ3) is 3.99. The van der Waals surface area contributed by atoms with E-state index >= 15 is 0 Å². The minimum atomic E-state index is -0.888. The highest BCUT2D eigenvalue weighted by atomic mass is 16.5. The van der Waals surface area contributed by atoms with Gasteiger partial charge >= 0.3 is 5.97 Å². The number of carbonyl (C=O) groups excluding carboxylic acids is 1. The molecule has 198 valence electrons. The highest BCUT2D eigenvalue weighted by Crippen LogP contribution is 2.40. The number of aliphatic hydroxyl groups is 1. The molecule has 1 aliphatic rings. The van der Waals surface area contributed by atoms with Crippen molar-refractivity contribution in [2.45, 2.75) is 32.4 Å². The van der Waals surface area contributed by atoms with Gasteiger partial charge in [-0.05, 0) is 55.2 Å². The van der Waals surface area contributed by atoms with Gasteiger partial charge in [-0.1, -0.05) is 0 Å². The lowest BCUT2D eigenvalue weighted by molar-refractivity contribution is 0.0594. The lowest BCUT2D eigenvalue weighted by Crippen LogP contribution is -2.30. The van der Waals surface area contributed by atoms with Crippen molar-refractivity contribution in [2.24, 2.45) is 7.05 Å². The Morgan fingerprint density at radius 2 is 1.84 bits per heavy atom. The van der Waals surface area contributed by atoms with Crippen LogP contribution < -0.4 is 15.0 Å². The van der Waals surface area contributed by atoms with Crippen molar-refractivity contribution in [1.29, 1.82) is 0 Å². The van der Waals surface area contributed by atoms with E-state index < -0.39 is 11.5 Å². The first-order valence-electron chi connectivity index (χ1n) is 12.3. The van der Waals surface area contributed by atoms with Crippen LogP contribution in [0.25, 0.3) is 22.2 Å². The van der Waals surface area contributed by atoms with E-state index in [9.17, 15) is 19.8 Å². The van der Waals surface area contributed by atoms with E-state index in [1.807, 2.05) is 29.8 Å². The van der Waals surface area contributed by atoms with Gasteiger partial charge in [0.15, 0.2) is 5.56 Å². The predicted octanol–water partition coefficient (Wildman–Crippen LogP) is 3.55. The Balaban J connectivity index is 1.84. The van der Waals surface area contributed by atoms with Crippen LogP contribution in [0.15, 0.2) is 41.2 Å². The number of hydrogen-bond acceptors (Lipinski definition) is 7. The fourth-order valence-corrected chi connectivity index (χ4v) is 5.42. The number of aryl methyl sites for hydroxylation is 2. The Morgan fingerprint density at radius 3 is 2.53 bits per heavy atom. The van der Waals surface area contributed by atoms with Gasteiger partial charge < -0.3 is 33.6 Å². The van der Waals surface area contributed by atoms with Crippen molar-refractivity contribution >= 4 is 16.9 Å². The van der Waals surface area contributed by atoms with Crippen molar-refractivity contribution in [3.63, 3.8) is 0 Å². The summed E-state index contributed by atoms with van der Waals surface area (Å²) in [6, 6.07) is 11.3. The predicted molar refractivity (Wildman–Crippen MR) is 142 cm³/mol. The molecule has 0 aliphatic heterocycles. The molecule has 0 radical (unpaired) electrons. The van der Waals surface area contributed by atoms with Crippen LogP contribution in [-0.4, -0.2) is 46.6 Å². The highest BCUT2D eigenvalue weighted by molar-refractivity contribution is 5.95. The second-order valence-corrected chi connectivity index (χ2v) is 9.39. The molecule has 0 saturated heterocycles. The number of benzene rings is 2. The fourth-order valence-electron chi connectivity index (χ4n) is 5.42. The van der Waals surface area contributed by atoms with E-state index in [1.165, 1.54) is 11.7 Å². The number of aromatic nitrogens is 2. The molecule has 9 heteroatoms. The molecule has 5 rings (SSSR count). The van der Waals surface area contributed by atoms with Crippen LogP contribution in [0, 0.1) is 0 Å². The Labute approximate surface area is 219 Å². The number of hydrogen-bond donors (Lipinski definition) is 2. The number of aliphatic hydroxyl groups excluding tert-OH is 1. The molecule has 0 amide bonds. The van der Waals surface area contributed by atoms with E-state index in [0.717, 1.165) is 27.7 Å². The van der Waals surface area contributed by atoms with Crippen molar-refractivity contribution in [2.75, 3.05) is 21.3 Å². The Hall–Kier alpha value is -4.24. The van der Waals surface area contributed by atoms with Gasteiger partial charge in [-0.25, -0.2) is 4.79 Å². The number of aromatic hydroxyl groups is 1. The number of fused-ring (bicyclic) bond motifs is 4. The summed E-state index contributed by atoms with van der Waals surface area (Å²) < 4.78 is 19.3. The molecule has 0 fully saturated rings. The topological polar surface area (TPSA) is 112 Å². The maximum Gasteiger partial charge on any atom is 0.347 e. The standard InChI is InChI=1S/C29H30N2O7/c1-30-19(15-32)10-18-11-22-16(12-23(18)30)6-5-7-21-26(22)31(28(34)25(27(21)33)29(35)38-4)14-17-8-9-20(36-2)13-24(17)37-3/h8-13,32-33H,5-7,14-15H2,1-4H3. The van der Waals surface area contributed by atoms with Gasteiger partial charge in [0, 0.05) is 46.4 Å². The maximum atomic E-state index is 13.9. The van der Waals surface area contributed by atoms with Crippen LogP contribution in [0.5, 0.6) is 17.2 Å². The van der Waals surface area contributed by atoms with E-state index in [4.69, 9.17) is 14.2 Å². The van der Waals surface area contributed by atoms with E-state index in [0.29, 0.717) is 47.6 Å². The van der Waals surface area contributed by atoms with Gasteiger partial charge in [-0.2, -0.15) is 0 Å². The molecular weight excluding hydrogens is 488 g/mol. The zero-order chi connectivity index (χ0) is 27.1. The van der Waals surface area contributed by atoms with Gasteiger partial charge in [-0.15, -0.1) is 0 Å². The van der Waals surface area contributed by atoms with Crippen molar-refractivity contribution in [1.82, 2.24) is 9.13 Å². The number of esters is 1. The first kappa shape index (κ1) is 25.4. The zero-order valence-corrected chi connectivity index (χ0v) is 21.8. The quantitative estimate of drug-likeness (QED) is 0.376. The Kier molecular flexibility index (Phi) is 6.62. The van der Waals surface area contributed by atoms with Gasteiger partial charge in [0.2, 0.25) is 0 Å². The number of ether oxygens (including phenoxy) is 3. The molecule has 2 aromatic carbocycles. The number of carbonyl (C=O) groups is 1. The van der Waals surface area contributed by atoms with Gasteiger partial charge in [0.25, 0.3) is 5.56 Å². The monoisotopic (exact) mass is 518 g/mol. The first-order valence-corrected chi connectivity index (χ1v) is 12.3. The average molecular weight is 519 g/mol. The van der Waals surface area contributed by atoms with Crippen molar-refractivity contribution < 1.29 is 29.2 Å². The minimum Gasteiger partial charge on any atom is -0.506 e. The van der Waals surface area contributed by atoms with Crippen LogP contribution in [-0.2, 0) is 37.8 Å². The van der Waals surface area contributed by atoms with Gasteiger partial charge in [0.1, 0.15) is 17.2 Å². The molecular formula is C29H30N2O7. The van der Waals surface area contributed by atoms with Crippen molar-refractivity contribution in [3.8, 4) is 28.5 Å². The highest BCUT2D eigenvalue weighted by Gasteiger charge is 2.30. The van der Waals surface area contributed by atoms with Crippen LogP contribution in [0.3, 0.4) is 0 Å². The molecule has 9 nitrogen and oxygen atoms in total. The van der Waals surface area contributed by atoms with Gasteiger partial charge in [0.05, 0.1) is 40.2 Å². The first-order chi connectivity index (χ1) is 18.3. The van der Waals surface area contributed by atoms with Gasteiger partial charge in [-0.3, -0.25) is 4.79 Å². The van der Waals surface area contributed by atoms with E-state index in [2.05, 4.69) is 6.07 Å². The summed E-state index contributed by atoms with van der Waals surface area (Å²) in [4.78, 5) is 26.5. The molecule has 4 aromatic rings. The lowest BCUT2D eigenvalue weighted by Gasteiger charge is -2.21. The van der Waals surface area contributed by atoms with Crippen molar-refractivity contribution in [3.05, 3.63) is 74.7 Å². The average Bonchev–Trinajstić information content (AvgIpc) is 3.12. The second-order valence-electron chi connectivity index (χ2n) is 9.39. The van der Waals surface area contributed by atoms with Crippen LogP contribution in [0.4, 0.5) is 0 Å². The molecule has 0 atom stereocenters. The smallest absolute Gasteiger partial charge is 0.347 e. The largest absolute Gasteiger partial charge is 0.506 e. The van der Waals surface area contributed by atoms with E-state index in [1.54, 1.807) is 26.4 Å². The SMILES string of the molecule is COC(=O)c1c(O)c2c(n(Cc3ccc(OC)cc3OC)c1=O)-c1cc3cc(CO)n(C)c3cc1CCC2. The molecule has 2 N–H and O–H groups in total. The molecule has 0 unspecified atom stereocenters. The second kappa shape index (κ2) is 9.90. The summed E-state index contributed by atoms with van der Waals surface area (Å²) in [7, 11) is 6.19. The molecule has 2 heterocycles. The lowest BCUT2D eigenvalue weighted by atomic mass is 9.97. The minimum absolute atomic E-state index is 0.0900. The Morgan fingerprint density at radius 1 is 1.05 bits per heavy atom. The summed E-state index contributed by atoms with van der Waals surface area (Å²) in [5.74, 6) is -0.0972. The number of pyridine rings is 1. The fraction of sp³-hybridized carbons (Fsp3) is 0.310. The normalized spacial score (nSPS) is 12.6.